The van der Waals surface area contributed by atoms with Crippen molar-refractivity contribution < 1.29 is 9.59 Å². The molecule has 0 radical (unpaired) electrons. The zero-order valence-corrected chi connectivity index (χ0v) is 14.8. The van der Waals surface area contributed by atoms with Gasteiger partial charge in [-0.1, -0.05) is 29.8 Å². The maximum Gasteiger partial charge on any atom is 0.321 e. The number of carbonyl (C=O) groups excluding carboxylic acids is 2. The van der Waals surface area contributed by atoms with Crippen LogP contribution in [0.5, 0.6) is 0 Å². The fourth-order valence-corrected chi connectivity index (χ4v) is 3.05. The second-order valence-corrected chi connectivity index (χ2v) is 6.46. The molecule has 0 bridgehead atoms. The number of nitrogens with zero attached hydrogens (tertiary/aromatic N) is 2. The molecule has 0 aliphatic carbocycles. The van der Waals surface area contributed by atoms with Crippen LogP contribution < -0.4 is 10.2 Å². The van der Waals surface area contributed by atoms with E-state index in [1.165, 1.54) is 0 Å². The van der Waals surface area contributed by atoms with Gasteiger partial charge in [0, 0.05) is 48.1 Å². The Kier molecular flexibility index (Phi) is 5.24. The Balaban J connectivity index is 1.59. The third-order valence-electron chi connectivity index (χ3n) is 4.26. The Bertz CT molecular complexity index is 786. The Hall–Kier alpha value is -2.53. The van der Waals surface area contributed by atoms with Crippen molar-refractivity contribution in [1.29, 1.82) is 0 Å². The van der Waals surface area contributed by atoms with Crippen LogP contribution in [0, 0.1) is 0 Å². The van der Waals surface area contributed by atoms with Gasteiger partial charge in [0.1, 0.15) is 0 Å². The monoisotopic (exact) mass is 357 g/mol. The minimum absolute atomic E-state index is 0.0568. The molecule has 2 aromatic rings. The second kappa shape index (κ2) is 7.57. The van der Waals surface area contributed by atoms with Crippen molar-refractivity contribution in [2.24, 2.45) is 0 Å². The molecular formula is C19H20ClN3O2. The van der Waals surface area contributed by atoms with E-state index in [1.807, 2.05) is 30.3 Å². The van der Waals surface area contributed by atoms with Crippen molar-refractivity contribution in [3.05, 3.63) is 59.1 Å². The molecule has 2 aromatic carbocycles. The molecule has 3 rings (SSSR count). The molecule has 5 nitrogen and oxygen atoms in total. The van der Waals surface area contributed by atoms with Crippen LogP contribution >= 0.6 is 11.6 Å². The summed E-state index contributed by atoms with van der Waals surface area (Å²) in [6.07, 6.45) is 0. The van der Waals surface area contributed by atoms with E-state index in [0.29, 0.717) is 29.4 Å². The topological polar surface area (TPSA) is 52.7 Å². The van der Waals surface area contributed by atoms with Crippen LogP contribution in [0.2, 0.25) is 5.02 Å². The smallest absolute Gasteiger partial charge is 0.321 e. The van der Waals surface area contributed by atoms with E-state index in [-0.39, 0.29) is 11.8 Å². The zero-order chi connectivity index (χ0) is 17.8. The van der Waals surface area contributed by atoms with Gasteiger partial charge >= 0.3 is 6.03 Å². The number of Topliss-reactive ketones (excluding diaryl/α,β-unsaturated/α-hetero) is 1. The van der Waals surface area contributed by atoms with Gasteiger partial charge in [-0.05, 0) is 37.3 Å². The average Bonchev–Trinajstić information content (AvgIpc) is 2.62. The van der Waals surface area contributed by atoms with E-state index < -0.39 is 0 Å². The Morgan fingerprint density at radius 2 is 1.72 bits per heavy atom. The molecule has 2 amide bonds. The number of piperazine rings is 1. The lowest BCUT2D eigenvalue weighted by Gasteiger charge is -2.36. The molecule has 130 valence electrons. The number of anilines is 2. The lowest BCUT2D eigenvalue weighted by Crippen LogP contribution is -2.50. The van der Waals surface area contributed by atoms with Crippen LogP contribution in [0.4, 0.5) is 16.2 Å². The Morgan fingerprint density at radius 1 is 1.00 bits per heavy atom. The van der Waals surface area contributed by atoms with E-state index in [4.69, 9.17) is 11.6 Å². The molecule has 0 atom stereocenters. The van der Waals surface area contributed by atoms with Crippen LogP contribution in [0.1, 0.15) is 17.3 Å². The van der Waals surface area contributed by atoms with Gasteiger partial charge < -0.3 is 15.1 Å². The molecule has 1 N–H and O–H groups in total. The number of urea groups is 1. The summed E-state index contributed by atoms with van der Waals surface area (Å²) in [7, 11) is 0. The molecule has 25 heavy (non-hydrogen) atoms. The van der Waals surface area contributed by atoms with Gasteiger partial charge in [0.15, 0.2) is 5.78 Å². The third kappa shape index (κ3) is 4.31. The number of ketones is 1. The average molecular weight is 358 g/mol. The number of carbonyl (C=O) groups is 2. The van der Waals surface area contributed by atoms with Crippen molar-refractivity contribution in [2.75, 3.05) is 36.4 Å². The molecule has 1 saturated heterocycles. The maximum atomic E-state index is 12.4. The summed E-state index contributed by atoms with van der Waals surface area (Å²) in [6.45, 7) is 4.26. The lowest BCUT2D eigenvalue weighted by atomic mass is 10.1. The number of amides is 2. The summed E-state index contributed by atoms with van der Waals surface area (Å²) >= 11 is 5.94. The first-order valence-corrected chi connectivity index (χ1v) is 8.58. The van der Waals surface area contributed by atoms with E-state index >= 15 is 0 Å². The van der Waals surface area contributed by atoms with Crippen LogP contribution in [0.15, 0.2) is 48.5 Å². The van der Waals surface area contributed by atoms with Gasteiger partial charge in [0.05, 0.1) is 0 Å². The van der Waals surface area contributed by atoms with Gasteiger partial charge in [0.25, 0.3) is 0 Å². The summed E-state index contributed by atoms with van der Waals surface area (Å²) in [5.41, 5.74) is 2.41. The highest BCUT2D eigenvalue weighted by Crippen LogP contribution is 2.20. The molecule has 1 heterocycles. The Morgan fingerprint density at radius 3 is 2.40 bits per heavy atom. The van der Waals surface area contributed by atoms with E-state index in [0.717, 1.165) is 18.8 Å². The normalized spacial score (nSPS) is 14.3. The molecule has 0 aromatic heterocycles. The van der Waals surface area contributed by atoms with E-state index in [2.05, 4.69) is 10.2 Å². The third-order valence-corrected chi connectivity index (χ3v) is 4.50. The fraction of sp³-hybridized carbons (Fsp3) is 0.263. The fourth-order valence-electron chi connectivity index (χ4n) is 2.86. The SMILES string of the molecule is CC(=O)c1cccc(N2CCN(C(=O)Nc3cccc(Cl)c3)CC2)c1. The van der Waals surface area contributed by atoms with Crippen LogP contribution in [0.25, 0.3) is 0 Å². The van der Waals surface area contributed by atoms with E-state index in [9.17, 15) is 9.59 Å². The summed E-state index contributed by atoms with van der Waals surface area (Å²) < 4.78 is 0. The van der Waals surface area contributed by atoms with Gasteiger partial charge in [-0.15, -0.1) is 0 Å². The second-order valence-electron chi connectivity index (χ2n) is 6.02. The first-order chi connectivity index (χ1) is 12.0. The summed E-state index contributed by atoms with van der Waals surface area (Å²) in [5, 5.41) is 3.46. The molecule has 0 unspecified atom stereocenters. The molecule has 6 heteroatoms. The van der Waals surface area contributed by atoms with Crippen molar-refractivity contribution in [3.63, 3.8) is 0 Å². The van der Waals surface area contributed by atoms with Crippen LogP contribution in [0.3, 0.4) is 0 Å². The summed E-state index contributed by atoms with van der Waals surface area (Å²) in [5.74, 6) is 0.0568. The van der Waals surface area contributed by atoms with Gasteiger partial charge in [0.2, 0.25) is 0 Å². The van der Waals surface area contributed by atoms with Crippen molar-refractivity contribution in [3.8, 4) is 0 Å². The number of rotatable bonds is 3. The molecule has 0 spiro atoms. The first kappa shape index (κ1) is 17.3. The van der Waals surface area contributed by atoms with Crippen LogP contribution in [-0.4, -0.2) is 42.9 Å². The largest absolute Gasteiger partial charge is 0.368 e. The summed E-state index contributed by atoms with van der Waals surface area (Å²) in [6, 6.07) is 14.6. The van der Waals surface area contributed by atoms with Crippen molar-refractivity contribution in [2.45, 2.75) is 6.92 Å². The minimum Gasteiger partial charge on any atom is -0.368 e. The standard InChI is InChI=1S/C19H20ClN3O2/c1-14(24)15-4-2-7-18(12-15)22-8-10-23(11-9-22)19(25)21-17-6-3-5-16(20)13-17/h2-7,12-13H,8-11H2,1H3,(H,21,25). The maximum absolute atomic E-state index is 12.4. The van der Waals surface area contributed by atoms with Gasteiger partial charge in [-0.2, -0.15) is 0 Å². The number of benzene rings is 2. The van der Waals surface area contributed by atoms with Gasteiger partial charge in [-0.25, -0.2) is 4.79 Å². The van der Waals surface area contributed by atoms with E-state index in [1.54, 1.807) is 30.0 Å². The summed E-state index contributed by atoms with van der Waals surface area (Å²) in [4.78, 5) is 27.9. The lowest BCUT2D eigenvalue weighted by molar-refractivity contribution is 0.101. The molecular weight excluding hydrogens is 338 g/mol. The quantitative estimate of drug-likeness (QED) is 0.848. The highest BCUT2D eigenvalue weighted by molar-refractivity contribution is 6.30. The predicted molar refractivity (Wildman–Crippen MR) is 101 cm³/mol. The predicted octanol–water partition coefficient (Wildman–Crippen LogP) is 3.90. The minimum atomic E-state index is -0.126. The zero-order valence-electron chi connectivity index (χ0n) is 14.0. The molecule has 1 aliphatic heterocycles. The van der Waals surface area contributed by atoms with Crippen molar-refractivity contribution in [1.82, 2.24) is 4.90 Å². The Labute approximate surface area is 152 Å². The number of hydrogen-bond donors (Lipinski definition) is 1. The van der Waals surface area contributed by atoms with Crippen molar-refractivity contribution >= 4 is 34.8 Å². The number of halogens is 1. The number of nitrogens with one attached hydrogen (secondary N) is 1. The molecule has 0 saturated carbocycles. The highest BCUT2D eigenvalue weighted by atomic mass is 35.5. The molecule has 1 aliphatic rings. The highest BCUT2D eigenvalue weighted by Gasteiger charge is 2.21. The first-order valence-electron chi connectivity index (χ1n) is 8.20. The van der Waals surface area contributed by atoms with Crippen LogP contribution in [-0.2, 0) is 0 Å². The van der Waals surface area contributed by atoms with Gasteiger partial charge in [-0.3, -0.25) is 4.79 Å². The number of hydrogen-bond acceptors (Lipinski definition) is 3. The molecule has 1 fully saturated rings.